The number of aromatic nitrogens is 3. The molecule has 4 aromatic heterocycles. The molecule has 10 rings (SSSR count). The number of pyridine rings is 1. The van der Waals surface area contributed by atoms with Gasteiger partial charge in [-0.25, -0.2) is 4.98 Å². The number of hydrogen-bond acceptors (Lipinski definition) is 2. The molecule has 0 fully saturated rings. The summed E-state index contributed by atoms with van der Waals surface area (Å²) in [6.45, 7) is 0. The lowest BCUT2D eigenvalue weighted by Crippen LogP contribution is -1.97. The molecule has 0 unspecified atom stereocenters. The Morgan fingerprint density at radius 1 is 0.444 bits per heavy atom. The molecule has 210 valence electrons. The highest BCUT2D eigenvalue weighted by atomic mass is 32.1. The molecule has 0 atom stereocenters. The van der Waals surface area contributed by atoms with Crippen molar-refractivity contribution in [1.82, 2.24) is 14.1 Å². The molecule has 0 aliphatic carbocycles. The maximum Gasteiger partial charge on any atom is 0.145 e. The first-order valence-corrected chi connectivity index (χ1v) is 16.0. The van der Waals surface area contributed by atoms with Crippen molar-refractivity contribution in [3.05, 3.63) is 152 Å². The van der Waals surface area contributed by atoms with Crippen LogP contribution in [-0.4, -0.2) is 14.1 Å². The van der Waals surface area contributed by atoms with Gasteiger partial charge in [-0.05, 0) is 71.8 Å². The van der Waals surface area contributed by atoms with Crippen molar-refractivity contribution in [2.24, 2.45) is 0 Å². The molecule has 6 aromatic carbocycles. The third kappa shape index (κ3) is 3.54. The van der Waals surface area contributed by atoms with E-state index in [1.165, 1.54) is 69.4 Å². The molecule has 10 aromatic rings. The zero-order valence-electron chi connectivity index (χ0n) is 24.2. The van der Waals surface area contributed by atoms with Crippen molar-refractivity contribution in [2.75, 3.05) is 0 Å². The van der Waals surface area contributed by atoms with E-state index in [1.54, 1.807) is 0 Å². The molecule has 0 amide bonds. The SMILES string of the molecule is c1cc(-c2cccc(-n3c4ncccc4c4ccc5sc6ccccc6c5c43)c2)cc(-n2c3ccccc3c3ccccc32)c1. The molecule has 0 saturated heterocycles. The lowest BCUT2D eigenvalue weighted by atomic mass is 10.0. The summed E-state index contributed by atoms with van der Waals surface area (Å²) in [4.78, 5) is 4.94. The summed E-state index contributed by atoms with van der Waals surface area (Å²) in [5, 5.41) is 7.53. The molecular formula is C41H25N3S. The van der Waals surface area contributed by atoms with E-state index in [0.29, 0.717) is 0 Å². The van der Waals surface area contributed by atoms with Crippen LogP contribution in [0.25, 0.3) is 86.4 Å². The van der Waals surface area contributed by atoms with Crippen molar-refractivity contribution in [3.8, 4) is 22.5 Å². The smallest absolute Gasteiger partial charge is 0.145 e. The first-order valence-electron chi connectivity index (χ1n) is 15.2. The average Bonchev–Trinajstić information content (AvgIpc) is 3.76. The molecule has 0 N–H and O–H groups in total. The summed E-state index contributed by atoms with van der Waals surface area (Å²) in [5.74, 6) is 0. The van der Waals surface area contributed by atoms with Crippen LogP contribution in [0.2, 0.25) is 0 Å². The molecule has 0 radical (unpaired) electrons. The second-order valence-corrected chi connectivity index (χ2v) is 12.7. The average molecular weight is 592 g/mol. The molecular weight excluding hydrogens is 567 g/mol. The van der Waals surface area contributed by atoms with E-state index in [1.807, 2.05) is 23.6 Å². The maximum atomic E-state index is 4.94. The van der Waals surface area contributed by atoms with Gasteiger partial charge in [0.25, 0.3) is 0 Å². The van der Waals surface area contributed by atoms with Gasteiger partial charge in [0.05, 0.1) is 16.6 Å². The molecule has 0 aliphatic rings. The van der Waals surface area contributed by atoms with Gasteiger partial charge in [0.15, 0.2) is 0 Å². The first kappa shape index (κ1) is 24.7. The Hall–Kier alpha value is -5.71. The molecule has 4 heteroatoms. The second kappa shape index (κ2) is 9.39. The number of thiophene rings is 1. The van der Waals surface area contributed by atoms with E-state index in [9.17, 15) is 0 Å². The molecule has 4 heterocycles. The molecule has 3 nitrogen and oxygen atoms in total. The number of para-hydroxylation sites is 2. The number of rotatable bonds is 3. The van der Waals surface area contributed by atoms with Gasteiger partial charge in [0, 0.05) is 59.3 Å². The molecule has 0 aliphatic heterocycles. The van der Waals surface area contributed by atoms with E-state index in [0.717, 1.165) is 17.0 Å². The lowest BCUT2D eigenvalue weighted by molar-refractivity contribution is 1.14. The van der Waals surface area contributed by atoms with Crippen molar-refractivity contribution < 1.29 is 0 Å². The van der Waals surface area contributed by atoms with Gasteiger partial charge in [-0.15, -0.1) is 11.3 Å². The van der Waals surface area contributed by atoms with Gasteiger partial charge in [-0.2, -0.15) is 0 Å². The van der Waals surface area contributed by atoms with E-state index in [4.69, 9.17) is 4.98 Å². The third-order valence-electron chi connectivity index (χ3n) is 9.15. The standard InChI is InChI=1S/C41H25N3S/c1-4-18-35-30(14-1)31-15-2-5-19-36(31)43(35)28-12-7-10-26(24-28)27-11-8-13-29(25-27)44-40-32(33-17-9-23-42-41(33)44)21-22-38-39(40)34-16-3-6-20-37(34)45-38/h1-25H. The van der Waals surface area contributed by atoms with E-state index >= 15 is 0 Å². The Morgan fingerprint density at radius 3 is 1.80 bits per heavy atom. The normalized spacial score (nSPS) is 12.0. The van der Waals surface area contributed by atoms with Crippen LogP contribution in [0.5, 0.6) is 0 Å². The number of fused-ring (bicyclic) bond motifs is 10. The number of hydrogen-bond donors (Lipinski definition) is 0. The zero-order valence-corrected chi connectivity index (χ0v) is 25.0. The van der Waals surface area contributed by atoms with Gasteiger partial charge >= 0.3 is 0 Å². The Balaban J connectivity index is 1.21. The minimum absolute atomic E-state index is 0.978. The highest BCUT2D eigenvalue weighted by Crippen LogP contribution is 2.43. The van der Waals surface area contributed by atoms with Crippen LogP contribution in [0.4, 0.5) is 0 Å². The van der Waals surface area contributed by atoms with Crippen LogP contribution < -0.4 is 0 Å². The van der Waals surface area contributed by atoms with Crippen molar-refractivity contribution in [2.45, 2.75) is 0 Å². The van der Waals surface area contributed by atoms with Crippen molar-refractivity contribution in [1.29, 1.82) is 0 Å². The maximum absolute atomic E-state index is 4.94. The predicted molar refractivity (Wildman–Crippen MR) is 191 cm³/mol. The molecule has 0 saturated carbocycles. The monoisotopic (exact) mass is 591 g/mol. The summed E-state index contributed by atoms with van der Waals surface area (Å²) < 4.78 is 7.35. The molecule has 0 bridgehead atoms. The zero-order chi connectivity index (χ0) is 29.5. The van der Waals surface area contributed by atoms with Gasteiger partial charge in [0.2, 0.25) is 0 Å². The van der Waals surface area contributed by atoms with E-state index in [2.05, 4.69) is 149 Å². The summed E-state index contributed by atoms with van der Waals surface area (Å²) in [6.07, 6.45) is 1.90. The number of nitrogens with zero attached hydrogens (tertiary/aromatic N) is 3. The van der Waals surface area contributed by atoms with Crippen LogP contribution >= 0.6 is 11.3 Å². The lowest BCUT2D eigenvalue weighted by Gasteiger charge is -2.13. The van der Waals surface area contributed by atoms with Crippen molar-refractivity contribution >= 4 is 75.3 Å². The Kier molecular flexibility index (Phi) is 5.16. The van der Waals surface area contributed by atoms with E-state index < -0.39 is 0 Å². The van der Waals surface area contributed by atoms with Crippen LogP contribution in [0, 0.1) is 0 Å². The quantitative estimate of drug-likeness (QED) is 0.200. The van der Waals surface area contributed by atoms with Crippen LogP contribution in [-0.2, 0) is 0 Å². The third-order valence-corrected chi connectivity index (χ3v) is 10.3. The summed E-state index contributed by atoms with van der Waals surface area (Å²) in [7, 11) is 0. The van der Waals surface area contributed by atoms with Gasteiger partial charge in [-0.3, -0.25) is 4.57 Å². The largest absolute Gasteiger partial charge is 0.309 e. The summed E-state index contributed by atoms with van der Waals surface area (Å²) in [5.41, 5.74) is 9.23. The fourth-order valence-electron chi connectivity index (χ4n) is 7.24. The van der Waals surface area contributed by atoms with Crippen LogP contribution in [0.3, 0.4) is 0 Å². The Bertz CT molecular complexity index is 2720. The molecule has 45 heavy (non-hydrogen) atoms. The Labute approximate surface area is 262 Å². The van der Waals surface area contributed by atoms with Crippen molar-refractivity contribution in [3.63, 3.8) is 0 Å². The van der Waals surface area contributed by atoms with Gasteiger partial charge in [0.1, 0.15) is 5.65 Å². The van der Waals surface area contributed by atoms with Gasteiger partial charge < -0.3 is 4.57 Å². The van der Waals surface area contributed by atoms with E-state index in [-0.39, 0.29) is 0 Å². The van der Waals surface area contributed by atoms with Crippen LogP contribution in [0.15, 0.2) is 152 Å². The topological polar surface area (TPSA) is 22.8 Å². The van der Waals surface area contributed by atoms with Crippen LogP contribution in [0.1, 0.15) is 0 Å². The highest BCUT2D eigenvalue weighted by Gasteiger charge is 2.19. The minimum atomic E-state index is 0.978. The predicted octanol–water partition coefficient (Wildman–Crippen LogP) is 11.3. The second-order valence-electron chi connectivity index (χ2n) is 11.6. The highest BCUT2D eigenvalue weighted by molar-refractivity contribution is 7.26. The Morgan fingerprint density at radius 2 is 1.07 bits per heavy atom. The van der Waals surface area contributed by atoms with Gasteiger partial charge in [-0.1, -0.05) is 84.9 Å². The number of benzene rings is 6. The molecule has 0 spiro atoms. The first-order chi connectivity index (χ1) is 22.3. The fraction of sp³-hybridized carbons (Fsp3) is 0. The fourth-order valence-corrected chi connectivity index (χ4v) is 8.35. The summed E-state index contributed by atoms with van der Waals surface area (Å²) in [6, 6.07) is 52.7. The summed E-state index contributed by atoms with van der Waals surface area (Å²) >= 11 is 1.86. The minimum Gasteiger partial charge on any atom is -0.309 e.